The molecule has 5 heteroatoms. The van der Waals surface area contributed by atoms with Gasteiger partial charge in [-0.15, -0.1) is 23.5 Å². The predicted octanol–water partition coefficient (Wildman–Crippen LogP) is 3.21. The van der Waals surface area contributed by atoms with Gasteiger partial charge in [-0.05, 0) is 30.9 Å². The van der Waals surface area contributed by atoms with Crippen molar-refractivity contribution in [3.8, 4) is 5.75 Å². The zero-order chi connectivity index (χ0) is 13.4. The molecule has 0 saturated carbocycles. The van der Waals surface area contributed by atoms with Crippen molar-refractivity contribution < 1.29 is 14.3 Å². The fourth-order valence-corrected chi connectivity index (χ4v) is 2.74. The van der Waals surface area contributed by atoms with Crippen molar-refractivity contribution in [3.05, 3.63) is 23.8 Å². The Bertz CT molecular complexity index is 394. The highest BCUT2D eigenvalue weighted by Gasteiger charge is 2.05. The van der Waals surface area contributed by atoms with E-state index in [1.807, 2.05) is 25.3 Å². The highest BCUT2D eigenvalue weighted by Crippen LogP contribution is 2.29. The number of ether oxygens (including phenoxy) is 2. The van der Waals surface area contributed by atoms with E-state index in [1.54, 1.807) is 30.6 Å². The molecule has 0 aliphatic rings. The Morgan fingerprint density at radius 2 is 2.17 bits per heavy atom. The minimum absolute atomic E-state index is 0.157. The van der Waals surface area contributed by atoms with Crippen LogP contribution >= 0.6 is 23.5 Å². The van der Waals surface area contributed by atoms with E-state index in [4.69, 9.17) is 9.47 Å². The van der Waals surface area contributed by atoms with Crippen molar-refractivity contribution in [2.75, 3.05) is 25.7 Å². The molecule has 0 bridgehead atoms. The molecule has 1 rings (SSSR count). The van der Waals surface area contributed by atoms with Crippen LogP contribution in [0.15, 0.2) is 23.1 Å². The zero-order valence-electron chi connectivity index (χ0n) is 10.9. The van der Waals surface area contributed by atoms with Crippen LogP contribution < -0.4 is 4.74 Å². The van der Waals surface area contributed by atoms with Gasteiger partial charge in [-0.25, -0.2) is 0 Å². The van der Waals surface area contributed by atoms with Gasteiger partial charge in [-0.1, -0.05) is 6.07 Å². The summed E-state index contributed by atoms with van der Waals surface area (Å²) in [5.74, 6) is 1.90. The molecular weight excluding hydrogens is 268 g/mol. The number of hydrogen-bond acceptors (Lipinski definition) is 5. The third-order valence-electron chi connectivity index (χ3n) is 2.24. The molecule has 1 aromatic carbocycles. The number of hydrogen-bond donors (Lipinski definition) is 0. The summed E-state index contributed by atoms with van der Waals surface area (Å²) < 4.78 is 10.2. The second kappa shape index (κ2) is 8.32. The molecule has 1 aromatic rings. The fourth-order valence-electron chi connectivity index (χ4n) is 1.43. The van der Waals surface area contributed by atoms with Crippen LogP contribution in [0.25, 0.3) is 0 Å². The van der Waals surface area contributed by atoms with Crippen molar-refractivity contribution in [3.63, 3.8) is 0 Å². The summed E-state index contributed by atoms with van der Waals surface area (Å²) in [4.78, 5) is 12.3. The number of benzene rings is 1. The summed E-state index contributed by atoms with van der Waals surface area (Å²) in [6, 6.07) is 6.13. The third kappa shape index (κ3) is 4.82. The van der Waals surface area contributed by atoms with E-state index in [0.717, 1.165) is 22.0 Å². The van der Waals surface area contributed by atoms with E-state index in [-0.39, 0.29) is 5.97 Å². The standard InChI is InChI=1S/C13H18O3S2/c1-4-16-13(14)9-18-8-10-5-6-12(17-3)11(7-10)15-2/h5-7H,4,8-9H2,1-3H3. The lowest BCUT2D eigenvalue weighted by atomic mass is 10.2. The summed E-state index contributed by atoms with van der Waals surface area (Å²) >= 11 is 3.21. The predicted molar refractivity (Wildman–Crippen MR) is 77.6 cm³/mol. The van der Waals surface area contributed by atoms with Crippen molar-refractivity contribution in [2.45, 2.75) is 17.6 Å². The maximum Gasteiger partial charge on any atom is 0.315 e. The van der Waals surface area contributed by atoms with Gasteiger partial charge in [0.2, 0.25) is 0 Å². The summed E-state index contributed by atoms with van der Waals surface area (Å²) in [7, 11) is 1.67. The van der Waals surface area contributed by atoms with Gasteiger partial charge in [-0.2, -0.15) is 0 Å². The molecule has 0 spiro atoms. The minimum Gasteiger partial charge on any atom is -0.496 e. The van der Waals surface area contributed by atoms with Crippen LogP contribution in [0.2, 0.25) is 0 Å². The Labute approximate surface area is 117 Å². The third-order valence-corrected chi connectivity index (χ3v) is 4.00. The fraction of sp³-hybridized carbons (Fsp3) is 0.462. The topological polar surface area (TPSA) is 35.5 Å². The van der Waals surface area contributed by atoms with Gasteiger partial charge >= 0.3 is 5.97 Å². The molecule has 100 valence electrons. The maximum absolute atomic E-state index is 11.2. The summed E-state index contributed by atoms with van der Waals surface area (Å²) in [5, 5.41) is 0. The first kappa shape index (κ1) is 15.2. The molecule has 18 heavy (non-hydrogen) atoms. The lowest BCUT2D eigenvalue weighted by Crippen LogP contribution is -2.06. The Kier molecular flexibility index (Phi) is 7.05. The Balaban J connectivity index is 2.50. The molecule has 0 unspecified atom stereocenters. The number of thioether (sulfide) groups is 2. The van der Waals surface area contributed by atoms with E-state index in [2.05, 4.69) is 6.07 Å². The van der Waals surface area contributed by atoms with E-state index >= 15 is 0 Å². The van der Waals surface area contributed by atoms with E-state index in [1.165, 1.54) is 0 Å². The number of carbonyl (C=O) groups excluding carboxylic acids is 1. The number of carbonyl (C=O) groups is 1. The first-order valence-electron chi connectivity index (χ1n) is 5.65. The lowest BCUT2D eigenvalue weighted by Gasteiger charge is -2.08. The van der Waals surface area contributed by atoms with Gasteiger partial charge in [0, 0.05) is 10.6 Å². The van der Waals surface area contributed by atoms with Crippen molar-refractivity contribution >= 4 is 29.5 Å². The van der Waals surface area contributed by atoms with Crippen LogP contribution in [0.5, 0.6) is 5.75 Å². The van der Waals surface area contributed by atoms with Crippen LogP contribution in [0.3, 0.4) is 0 Å². The van der Waals surface area contributed by atoms with Gasteiger partial charge in [0.15, 0.2) is 0 Å². The average Bonchev–Trinajstić information content (AvgIpc) is 2.38. The molecule has 0 atom stereocenters. The van der Waals surface area contributed by atoms with E-state index < -0.39 is 0 Å². The van der Waals surface area contributed by atoms with Crippen molar-refractivity contribution in [1.29, 1.82) is 0 Å². The van der Waals surface area contributed by atoms with E-state index in [9.17, 15) is 4.79 Å². The Hall–Kier alpha value is -0.810. The molecule has 0 fully saturated rings. The minimum atomic E-state index is -0.157. The maximum atomic E-state index is 11.2. The number of methoxy groups -OCH3 is 1. The molecule has 3 nitrogen and oxygen atoms in total. The molecule has 0 aromatic heterocycles. The quantitative estimate of drug-likeness (QED) is 0.568. The molecule has 0 saturated heterocycles. The van der Waals surface area contributed by atoms with Crippen LogP contribution in [0.1, 0.15) is 12.5 Å². The highest BCUT2D eigenvalue weighted by molar-refractivity contribution is 7.99. The second-order valence-corrected chi connectivity index (χ2v) is 5.32. The van der Waals surface area contributed by atoms with Gasteiger partial charge in [0.1, 0.15) is 5.75 Å². The summed E-state index contributed by atoms with van der Waals surface area (Å²) in [5.41, 5.74) is 1.15. The van der Waals surface area contributed by atoms with Crippen LogP contribution in [0, 0.1) is 0 Å². The molecule has 0 N–H and O–H groups in total. The van der Waals surface area contributed by atoms with Crippen LogP contribution in [-0.2, 0) is 15.3 Å². The smallest absolute Gasteiger partial charge is 0.315 e. The van der Waals surface area contributed by atoms with E-state index in [0.29, 0.717) is 12.4 Å². The largest absolute Gasteiger partial charge is 0.496 e. The zero-order valence-corrected chi connectivity index (χ0v) is 12.5. The van der Waals surface area contributed by atoms with Gasteiger partial charge < -0.3 is 9.47 Å². The molecule has 0 radical (unpaired) electrons. The Morgan fingerprint density at radius 3 is 2.78 bits per heavy atom. The van der Waals surface area contributed by atoms with Gasteiger partial charge in [0.25, 0.3) is 0 Å². The van der Waals surface area contributed by atoms with Crippen LogP contribution in [0.4, 0.5) is 0 Å². The Morgan fingerprint density at radius 1 is 1.39 bits per heavy atom. The lowest BCUT2D eigenvalue weighted by molar-refractivity contribution is -0.139. The van der Waals surface area contributed by atoms with Crippen molar-refractivity contribution in [1.82, 2.24) is 0 Å². The molecule has 0 aliphatic carbocycles. The first-order valence-corrected chi connectivity index (χ1v) is 8.03. The molecular formula is C13H18O3S2. The van der Waals surface area contributed by atoms with Gasteiger partial charge in [0.05, 0.1) is 19.5 Å². The second-order valence-electron chi connectivity index (χ2n) is 3.49. The van der Waals surface area contributed by atoms with Crippen molar-refractivity contribution in [2.24, 2.45) is 0 Å². The molecule has 0 aliphatic heterocycles. The van der Waals surface area contributed by atoms with Crippen LogP contribution in [-0.4, -0.2) is 31.7 Å². The highest BCUT2D eigenvalue weighted by atomic mass is 32.2. The molecule has 0 heterocycles. The first-order chi connectivity index (χ1) is 8.71. The summed E-state index contributed by atoms with van der Waals surface area (Å²) in [6.07, 6.45) is 2.02. The number of esters is 1. The normalized spacial score (nSPS) is 10.2. The average molecular weight is 286 g/mol. The summed E-state index contributed by atoms with van der Waals surface area (Å²) in [6.45, 7) is 2.25. The monoisotopic (exact) mass is 286 g/mol. The number of rotatable bonds is 7. The molecule has 0 amide bonds. The SMILES string of the molecule is CCOC(=O)CSCc1ccc(SC)c(OC)c1. The van der Waals surface area contributed by atoms with Gasteiger partial charge in [-0.3, -0.25) is 4.79 Å².